The second-order valence-corrected chi connectivity index (χ2v) is 6.23. The van der Waals surface area contributed by atoms with Crippen molar-refractivity contribution in [1.82, 2.24) is 4.90 Å². The Bertz CT molecular complexity index is 703. The minimum absolute atomic E-state index is 0.00848. The average Bonchev–Trinajstić information content (AvgIpc) is 2.57. The molecule has 4 heteroatoms. The van der Waals surface area contributed by atoms with E-state index in [9.17, 15) is 4.79 Å². The highest BCUT2D eigenvalue weighted by molar-refractivity contribution is 5.93. The molecule has 0 radical (unpaired) electrons. The van der Waals surface area contributed by atoms with Gasteiger partial charge in [-0.2, -0.15) is 0 Å². The Labute approximate surface area is 150 Å². The molecule has 132 valence electrons. The van der Waals surface area contributed by atoms with Gasteiger partial charge < -0.3 is 10.1 Å². The summed E-state index contributed by atoms with van der Waals surface area (Å²) in [6.45, 7) is 9.17. The van der Waals surface area contributed by atoms with Gasteiger partial charge in [0, 0.05) is 12.2 Å². The fourth-order valence-electron chi connectivity index (χ4n) is 2.65. The maximum absolute atomic E-state index is 12.3. The van der Waals surface area contributed by atoms with Crippen LogP contribution < -0.4 is 10.1 Å². The van der Waals surface area contributed by atoms with E-state index in [1.165, 1.54) is 0 Å². The van der Waals surface area contributed by atoms with Crippen molar-refractivity contribution in [2.45, 2.75) is 20.4 Å². The summed E-state index contributed by atoms with van der Waals surface area (Å²) in [5.41, 5.74) is 4.19. The number of rotatable bonds is 8. The lowest BCUT2D eigenvalue weighted by molar-refractivity contribution is -0.117. The first-order chi connectivity index (χ1) is 12.0. The van der Waals surface area contributed by atoms with Crippen molar-refractivity contribution in [2.24, 2.45) is 0 Å². The lowest BCUT2D eigenvalue weighted by Gasteiger charge is -2.18. The van der Waals surface area contributed by atoms with Crippen LogP contribution in [0, 0.1) is 13.8 Å². The van der Waals surface area contributed by atoms with Crippen molar-refractivity contribution < 1.29 is 9.53 Å². The molecule has 1 amide bonds. The molecule has 0 aliphatic carbocycles. The van der Waals surface area contributed by atoms with E-state index in [4.69, 9.17) is 4.74 Å². The molecule has 0 aliphatic rings. The topological polar surface area (TPSA) is 41.6 Å². The zero-order valence-corrected chi connectivity index (χ0v) is 15.2. The molecule has 2 aromatic rings. The first kappa shape index (κ1) is 18.7. The van der Waals surface area contributed by atoms with Gasteiger partial charge in [0.25, 0.3) is 0 Å². The number of carbonyl (C=O) groups is 1. The van der Waals surface area contributed by atoms with Crippen LogP contribution >= 0.6 is 0 Å². The summed E-state index contributed by atoms with van der Waals surface area (Å²) in [6, 6.07) is 13.9. The summed E-state index contributed by atoms with van der Waals surface area (Å²) >= 11 is 0. The third-order valence-electron chi connectivity index (χ3n) is 3.90. The van der Waals surface area contributed by atoms with Gasteiger partial charge in [-0.25, -0.2) is 0 Å². The summed E-state index contributed by atoms with van der Waals surface area (Å²) < 4.78 is 5.47. The van der Waals surface area contributed by atoms with Crippen LogP contribution in [-0.4, -0.2) is 31.0 Å². The first-order valence-electron chi connectivity index (χ1n) is 8.37. The lowest BCUT2D eigenvalue weighted by atomic mass is 10.1. The summed E-state index contributed by atoms with van der Waals surface area (Å²) in [5, 5.41) is 3.02. The predicted octanol–water partition coefficient (Wildman–Crippen LogP) is 3.94. The SMILES string of the molecule is C=CCOc1ccc(CN(C)CC(=O)Nc2c(C)cccc2C)cc1. The number of amides is 1. The number of benzene rings is 2. The van der Waals surface area contributed by atoms with Gasteiger partial charge in [0.05, 0.1) is 6.54 Å². The summed E-state index contributed by atoms with van der Waals surface area (Å²) in [5.74, 6) is 0.810. The van der Waals surface area contributed by atoms with Crippen LogP contribution in [0.5, 0.6) is 5.75 Å². The number of anilines is 1. The summed E-state index contributed by atoms with van der Waals surface area (Å²) in [4.78, 5) is 14.3. The van der Waals surface area contributed by atoms with Gasteiger partial charge in [0.2, 0.25) is 5.91 Å². The van der Waals surface area contributed by atoms with Crippen LogP contribution in [0.1, 0.15) is 16.7 Å². The molecule has 0 bridgehead atoms. The van der Waals surface area contributed by atoms with Crippen molar-refractivity contribution in [3.8, 4) is 5.75 Å². The molecule has 1 N–H and O–H groups in total. The fourth-order valence-corrected chi connectivity index (χ4v) is 2.65. The van der Waals surface area contributed by atoms with E-state index in [0.717, 1.165) is 28.1 Å². The molecule has 0 heterocycles. The first-order valence-corrected chi connectivity index (χ1v) is 8.37. The van der Waals surface area contributed by atoms with Gasteiger partial charge in [0.15, 0.2) is 0 Å². The minimum Gasteiger partial charge on any atom is -0.490 e. The zero-order chi connectivity index (χ0) is 18.2. The standard InChI is InChI=1S/C21H26N2O2/c1-5-13-25-19-11-9-18(10-12-19)14-23(4)15-20(24)22-21-16(2)7-6-8-17(21)3/h5-12H,1,13-15H2,2-4H3,(H,22,24). The molecule has 2 aromatic carbocycles. The van der Waals surface area contributed by atoms with Gasteiger partial charge >= 0.3 is 0 Å². The number of hydrogen-bond acceptors (Lipinski definition) is 3. The lowest BCUT2D eigenvalue weighted by Crippen LogP contribution is -2.30. The van der Waals surface area contributed by atoms with Crippen LogP contribution in [0.3, 0.4) is 0 Å². The van der Waals surface area contributed by atoms with E-state index in [1.807, 2.05) is 68.3 Å². The van der Waals surface area contributed by atoms with Crippen LogP contribution in [0.15, 0.2) is 55.1 Å². The second kappa shape index (κ2) is 9.04. The van der Waals surface area contributed by atoms with E-state index in [-0.39, 0.29) is 5.91 Å². The number of nitrogens with zero attached hydrogens (tertiary/aromatic N) is 1. The van der Waals surface area contributed by atoms with Crippen molar-refractivity contribution in [2.75, 3.05) is 25.5 Å². The minimum atomic E-state index is -0.00848. The average molecular weight is 338 g/mol. The number of nitrogens with one attached hydrogen (secondary N) is 1. The zero-order valence-electron chi connectivity index (χ0n) is 15.2. The molecule has 0 saturated carbocycles. The van der Waals surface area contributed by atoms with Crippen molar-refractivity contribution in [3.63, 3.8) is 0 Å². The molecular formula is C21H26N2O2. The Morgan fingerprint density at radius 3 is 2.40 bits per heavy atom. The molecular weight excluding hydrogens is 312 g/mol. The molecule has 0 fully saturated rings. The summed E-state index contributed by atoms with van der Waals surface area (Å²) in [6.07, 6.45) is 1.72. The monoisotopic (exact) mass is 338 g/mol. The largest absolute Gasteiger partial charge is 0.490 e. The van der Waals surface area contributed by atoms with Gasteiger partial charge in [-0.3, -0.25) is 9.69 Å². The molecule has 2 rings (SSSR count). The Balaban J connectivity index is 1.88. The van der Waals surface area contributed by atoms with Crippen LogP contribution in [-0.2, 0) is 11.3 Å². The molecule has 0 unspecified atom stereocenters. The van der Waals surface area contributed by atoms with E-state index in [2.05, 4.69) is 11.9 Å². The van der Waals surface area contributed by atoms with Crippen molar-refractivity contribution in [1.29, 1.82) is 0 Å². The van der Waals surface area contributed by atoms with Crippen molar-refractivity contribution >= 4 is 11.6 Å². The molecule has 0 spiro atoms. The molecule has 0 atom stereocenters. The third kappa shape index (κ3) is 5.76. The molecule has 0 aromatic heterocycles. The highest BCUT2D eigenvalue weighted by atomic mass is 16.5. The molecule has 25 heavy (non-hydrogen) atoms. The van der Waals surface area contributed by atoms with Gasteiger partial charge in [-0.15, -0.1) is 0 Å². The normalized spacial score (nSPS) is 10.6. The van der Waals surface area contributed by atoms with Crippen LogP contribution in [0.2, 0.25) is 0 Å². The van der Waals surface area contributed by atoms with E-state index >= 15 is 0 Å². The van der Waals surface area contributed by atoms with Crippen LogP contribution in [0.25, 0.3) is 0 Å². The molecule has 0 aliphatic heterocycles. The van der Waals surface area contributed by atoms with Gasteiger partial charge in [0.1, 0.15) is 12.4 Å². The van der Waals surface area contributed by atoms with E-state index < -0.39 is 0 Å². The number of ether oxygens (including phenoxy) is 1. The smallest absolute Gasteiger partial charge is 0.238 e. The Hall–Kier alpha value is -2.59. The quantitative estimate of drug-likeness (QED) is 0.741. The van der Waals surface area contributed by atoms with Crippen molar-refractivity contribution in [3.05, 3.63) is 71.8 Å². The maximum atomic E-state index is 12.3. The Morgan fingerprint density at radius 1 is 1.16 bits per heavy atom. The number of hydrogen-bond donors (Lipinski definition) is 1. The molecule has 0 saturated heterocycles. The fraction of sp³-hybridized carbons (Fsp3) is 0.286. The number of likely N-dealkylation sites (N-methyl/N-ethyl adjacent to an activating group) is 1. The Morgan fingerprint density at radius 2 is 1.80 bits per heavy atom. The number of para-hydroxylation sites is 1. The third-order valence-corrected chi connectivity index (χ3v) is 3.90. The number of aryl methyl sites for hydroxylation is 2. The predicted molar refractivity (Wildman–Crippen MR) is 103 cm³/mol. The second-order valence-electron chi connectivity index (χ2n) is 6.23. The highest BCUT2D eigenvalue weighted by Crippen LogP contribution is 2.19. The number of carbonyl (C=O) groups excluding carboxylic acids is 1. The van der Waals surface area contributed by atoms with E-state index in [0.29, 0.717) is 19.7 Å². The van der Waals surface area contributed by atoms with E-state index in [1.54, 1.807) is 6.08 Å². The summed E-state index contributed by atoms with van der Waals surface area (Å²) in [7, 11) is 1.94. The Kier molecular flexibility index (Phi) is 6.78. The maximum Gasteiger partial charge on any atom is 0.238 e. The van der Waals surface area contributed by atoms with Gasteiger partial charge in [-0.05, 0) is 49.7 Å². The molecule has 4 nitrogen and oxygen atoms in total. The highest BCUT2D eigenvalue weighted by Gasteiger charge is 2.10. The van der Waals surface area contributed by atoms with Crippen LogP contribution in [0.4, 0.5) is 5.69 Å². The van der Waals surface area contributed by atoms with Gasteiger partial charge in [-0.1, -0.05) is 43.0 Å².